The van der Waals surface area contributed by atoms with E-state index >= 15 is 0 Å². The van der Waals surface area contributed by atoms with Gasteiger partial charge in [0.1, 0.15) is 0 Å². The molecule has 0 atom stereocenters. The van der Waals surface area contributed by atoms with E-state index in [0.29, 0.717) is 0 Å². The fourth-order valence-corrected chi connectivity index (χ4v) is 0. The monoisotopic (exact) mass is 235 g/mol. The van der Waals surface area contributed by atoms with Crippen LogP contribution in [0.1, 0.15) is 0 Å². The summed E-state index contributed by atoms with van der Waals surface area (Å²) in [6, 6.07) is 0. The topological polar surface area (TPSA) is 83.4 Å². The van der Waals surface area contributed by atoms with Gasteiger partial charge in [-0.2, -0.15) is 0 Å². The second-order valence-corrected chi connectivity index (χ2v) is 1.41. The van der Waals surface area contributed by atoms with E-state index in [4.69, 9.17) is 19.2 Å². The fourth-order valence-electron chi connectivity index (χ4n) is 0. The molecule has 4 nitrogen and oxygen atoms in total. The Morgan fingerprint density at radius 2 is 1.50 bits per heavy atom. The molecule has 6 heteroatoms. The SMILES string of the molecule is O=P([O-])([O-])O.[La]. The first-order valence-corrected chi connectivity index (χ1v) is 2.24. The van der Waals surface area contributed by atoms with Crippen LogP contribution in [0.4, 0.5) is 0 Å². The average molecular weight is 235 g/mol. The van der Waals surface area contributed by atoms with Crippen LogP contribution in [0.3, 0.4) is 0 Å². The predicted molar refractivity (Wildman–Crippen MR) is 9.83 cm³/mol. The van der Waals surface area contributed by atoms with Gasteiger partial charge in [-0.25, -0.2) is 0 Å². The van der Waals surface area contributed by atoms with Crippen LogP contribution in [0.5, 0.6) is 0 Å². The van der Waals surface area contributed by atoms with E-state index in [1.165, 1.54) is 0 Å². The Morgan fingerprint density at radius 3 is 1.50 bits per heavy atom. The van der Waals surface area contributed by atoms with Crippen molar-refractivity contribution in [2.75, 3.05) is 0 Å². The Morgan fingerprint density at radius 1 is 1.50 bits per heavy atom. The number of hydrogen-bond acceptors (Lipinski definition) is 3. The summed E-state index contributed by atoms with van der Waals surface area (Å²) in [5, 5.41) is 0. The van der Waals surface area contributed by atoms with Gasteiger partial charge in [0.2, 0.25) is 0 Å². The van der Waals surface area contributed by atoms with Gasteiger partial charge in [-0.15, -0.1) is 0 Å². The van der Waals surface area contributed by atoms with Gasteiger partial charge in [0, 0.05) is 35.6 Å². The van der Waals surface area contributed by atoms with Crippen molar-refractivity contribution < 1.29 is 54.8 Å². The molecule has 6 heavy (non-hydrogen) atoms. The summed E-state index contributed by atoms with van der Waals surface area (Å²) >= 11 is 0. The number of rotatable bonds is 0. The second-order valence-electron chi connectivity index (χ2n) is 0.469. The van der Waals surface area contributed by atoms with Gasteiger partial charge >= 0.3 is 0 Å². The fraction of sp³-hybridized carbons (Fsp3) is 0. The van der Waals surface area contributed by atoms with E-state index in [9.17, 15) is 0 Å². The summed E-state index contributed by atoms with van der Waals surface area (Å²) in [5.74, 6) is 0. The molecule has 0 saturated heterocycles. The Labute approximate surface area is 62.4 Å². The molecule has 0 aliphatic heterocycles. The molecule has 0 aliphatic rings. The van der Waals surface area contributed by atoms with Crippen LogP contribution in [-0.4, -0.2) is 4.89 Å². The largest absolute Gasteiger partial charge is 0.790 e. The summed E-state index contributed by atoms with van der Waals surface area (Å²) in [4.78, 5) is 24.3. The van der Waals surface area contributed by atoms with Gasteiger partial charge in [-0.05, 0) is 0 Å². The van der Waals surface area contributed by atoms with Crippen LogP contribution in [0.15, 0.2) is 0 Å². The van der Waals surface area contributed by atoms with Gasteiger partial charge in [0.25, 0.3) is 0 Å². The third-order valence-electron chi connectivity index (χ3n) is 0. The normalized spacial score (nSPS) is 9.83. The summed E-state index contributed by atoms with van der Waals surface area (Å²) in [6.07, 6.45) is 0. The molecular formula is HLaO4P-2. The first-order chi connectivity index (χ1) is 2.00. The van der Waals surface area contributed by atoms with E-state index in [1.54, 1.807) is 0 Å². The van der Waals surface area contributed by atoms with Gasteiger partial charge in [-0.1, -0.05) is 0 Å². The summed E-state index contributed by atoms with van der Waals surface area (Å²) in [5.41, 5.74) is 0. The Bertz CT molecular complexity index is 53.7. The smallest absolute Gasteiger partial charge is 0.0557 e. The van der Waals surface area contributed by atoms with Crippen LogP contribution < -0.4 is 9.79 Å². The summed E-state index contributed by atoms with van der Waals surface area (Å²) in [7, 11) is -5.14. The molecule has 0 heterocycles. The molecule has 1 N–H and O–H groups in total. The van der Waals surface area contributed by atoms with Crippen molar-refractivity contribution in [3.05, 3.63) is 0 Å². The van der Waals surface area contributed by atoms with Crippen molar-refractivity contribution in [2.24, 2.45) is 0 Å². The second kappa shape index (κ2) is 3.33. The van der Waals surface area contributed by atoms with Crippen LogP contribution >= 0.6 is 7.82 Å². The minimum atomic E-state index is -5.14. The Balaban J connectivity index is 0. The molecule has 0 aromatic carbocycles. The molecule has 0 spiro atoms. The van der Waals surface area contributed by atoms with E-state index in [0.717, 1.165) is 0 Å². The minimum Gasteiger partial charge on any atom is -0.790 e. The first-order valence-electron chi connectivity index (χ1n) is 0.748. The zero-order valence-electron chi connectivity index (χ0n) is 2.70. The van der Waals surface area contributed by atoms with E-state index in [1.807, 2.05) is 0 Å². The third-order valence-corrected chi connectivity index (χ3v) is 0. The molecule has 0 aromatic rings. The number of phosphoric acid groups is 1. The molecule has 0 bridgehead atoms. The average Bonchev–Trinajstić information content (AvgIpc) is 0.722. The third kappa shape index (κ3) is 57.7. The molecule has 0 aromatic heterocycles. The molecular weight excluding hydrogens is 234 g/mol. The van der Waals surface area contributed by atoms with Crippen molar-refractivity contribution in [3.8, 4) is 0 Å². The zero-order valence-corrected chi connectivity index (χ0v) is 7.22. The van der Waals surface area contributed by atoms with Crippen molar-refractivity contribution in [3.63, 3.8) is 0 Å². The molecule has 0 saturated carbocycles. The summed E-state index contributed by atoms with van der Waals surface area (Å²) in [6.45, 7) is 0. The maximum Gasteiger partial charge on any atom is 0.0557 e. The van der Waals surface area contributed by atoms with E-state index in [2.05, 4.69) is 0 Å². The quantitative estimate of drug-likeness (QED) is 0.483. The van der Waals surface area contributed by atoms with Crippen LogP contribution in [0.2, 0.25) is 0 Å². The van der Waals surface area contributed by atoms with Crippen molar-refractivity contribution in [1.29, 1.82) is 0 Å². The molecule has 35 valence electrons. The van der Waals surface area contributed by atoms with Gasteiger partial charge in [0.15, 0.2) is 0 Å². The van der Waals surface area contributed by atoms with Crippen molar-refractivity contribution in [1.82, 2.24) is 0 Å². The maximum atomic E-state index is 8.66. The molecule has 1 radical (unpaired) electrons. The summed E-state index contributed by atoms with van der Waals surface area (Å²) < 4.78 is 8.66. The maximum absolute atomic E-state index is 8.66. The van der Waals surface area contributed by atoms with Crippen LogP contribution in [0.25, 0.3) is 0 Å². The predicted octanol–water partition coefficient (Wildman–Crippen LogP) is -2.19. The molecule has 0 fully saturated rings. The number of hydrogen-bond donors (Lipinski definition) is 1. The zero-order chi connectivity index (χ0) is 4.50. The van der Waals surface area contributed by atoms with Crippen molar-refractivity contribution in [2.45, 2.75) is 0 Å². The van der Waals surface area contributed by atoms with Crippen LogP contribution in [0, 0.1) is 35.6 Å². The first kappa shape index (κ1) is 10.3. The van der Waals surface area contributed by atoms with Gasteiger partial charge in [-0.3, -0.25) is 0 Å². The van der Waals surface area contributed by atoms with Gasteiger partial charge in [0.05, 0.1) is 7.82 Å². The Kier molecular flexibility index (Phi) is 5.72. The minimum absolute atomic E-state index is 0. The molecule has 0 amide bonds. The molecule has 0 unspecified atom stereocenters. The van der Waals surface area contributed by atoms with Crippen molar-refractivity contribution >= 4 is 7.82 Å². The Hall–Kier alpha value is 1.30. The molecule has 0 rings (SSSR count). The standard InChI is InChI=1S/La.H3O4P/c;1-5(2,3)4/h;(H3,1,2,3,4)/p-2. The van der Waals surface area contributed by atoms with Gasteiger partial charge < -0.3 is 19.2 Å². The van der Waals surface area contributed by atoms with Crippen LogP contribution in [-0.2, 0) is 4.57 Å². The van der Waals surface area contributed by atoms with E-state index < -0.39 is 7.82 Å². The molecule has 0 aliphatic carbocycles. The van der Waals surface area contributed by atoms with E-state index in [-0.39, 0.29) is 35.6 Å².